The second-order valence-corrected chi connectivity index (χ2v) is 7.34. The fourth-order valence-corrected chi connectivity index (χ4v) is 3.53. The Morgan fingerprint density at radius 2 is 2.09 bits per heavy atom. The molecule has 0 bridgehead atoms. The van der Waals surface area contributed by atoms with Crippen LogP contribution in [0.3, 0.4) is 0 Å². The van der Waals surface area contributed by atoms with Gasteiger partial charge in [-0.05, 0) is 26.7 Å². The summed E-state index contributed by atoms with van der Waals surface area (Å²) < 4.78 is 0. The molecule has 0 saturated heterocycles. The molecule has 0 aromatic carbocycles. The molecule has 5 nitrogen and oxygen atoms in total. The predicted molar refractivity (Wildman–Crippen MR) is 108 cm³/mol. The predicted octanol–water partition coefficient (Wildman–Crippen LogP) is 2.86. The zero-order valence-corrected chi connectivity index (χ0v) is 17.2. The van der Waals surface area contributed by atoms with E-state index in [0.717, 1.165) is 56.2 Å². The molecular formula is C16H29IN4OS. The Kier molecular flexibility index (Phi) is 9.38. The van der Waals surface area contributed by atoms with Gasteiger partial charge in [0.2, 0.25) is 0 Å². The molecule has 0 unspecified atom stereocenters. The van der Waals surface area contributed by atoms with E-state index in [0.29, 0.717) is 6.54 Å². The summed E-state index contributed by atoms with van der Waals surface area (Å²) in [4.78, 5) is 10.2. The van der Waals surface area contributed by atoms with Crippen molar-refractivity contribution in [2.45, 2.75) is 58.0 Å². The Bertz CT molecular complexity index is 486. The maximum Gasteiger partial charge on any atom is 0.191 e. The quantitative estimate of drug-likeness (QED) is 0.353. The number of aryl methyl sites for hydroxylation is 1. The molecule has 1 saturated carbocycles. The highest BCUT2D eigenvalue weighted by molar-refractivity contribution is 14.0. The summed E-state index contributed by atoms with van der Waals surface area (Å²) in [6.07, 6.45) is 8.00. The zero-order chi connectivity index (χ0) is 15.8. The molecule has 23 heavy (non-hydrogen) atoms. The van der Waals surface area contributed by atoms with Gasteiger partial charge in [0.15, 0.2) is 5.96 Å². The van der Waals surface area contributed by atoms with Crippen molar-refractivity contribution in [1.82, 2.24) is 15.6 Å². The zero-order valence-electron chi connectivity index (χ0n) is 14.1. The number of aliphatic hydroxyl groups is 1. The standard InChI is InChI=1S/C16H28N4OS.HI/c1-3-17-15(18-10-7-14-19-11-13(2)22-14)20-12-16(21)8-5-4-6-9-16;/h11,21H,3-10,12H2,1-2H3,(H2,17,18,20);1H. The lowest BCUT2D eigenvalue weighted by Gasteiger charge is -2.30. The number of rotatable bonds is 6. The van der Waals surface area contributed by atoms with Crippen molar-refractivity contribution >= 4 is 41.3 Å². The van der Waals surface area contributed by atoms with Crippen LogP contribution in [-0.2, 0) is 6.42 Å². The van der Waals surface area contributed by atoms with E-state index < -0.39 is 5.60 Å². The first-order valence-electron chi connectivity index (χ1n) is 8.27. The number of aliphatic imine (C=N–C) groups is 1. The fourth-order valence-electron chi connectivity index (χ4n) is 2.74. The number of hydrogen-bond acceptors (Lipinski definition) is 4. The first-order valence-corrected chi connectivity index (χ1v) is 9.09. The molecule has 1 aromatic heterocycles. The molecule has 1 aliphatic rings. The maximum absolute atomic E-state index is 10.5. The number of aromatic nitrogens is 1. The first kappa shape index (κ1) is 20.6. The molecule has 0 aliphatic heterocycles. The van der Waals surface area contributed by atoms with Crippen molar-refractivity contribution in [3.8, 4) is 0 Å². The molecule has 0 atom stereocenters. The Morgan fingerprint density at radius 3 is 2.70 bits per heavy atom. The molecule has 1 fully saturated rings. The van der Waals surface area contributed by atoms with Gasteiger partial charge in [0, 0.05) is 30.6 Å². The summed E-state index contributed by atoms with van der Waals surface area (Å²) in [7, 11) is 0. The van der Waals surface area contributed by atoms with Gasteiger partial charge in [-0.15, -0.1) is 35.3 Å². The van der Waals surface area contributed by atoms with Crippen molar-refractivity contribution in [2.24, 2.45) is 4.99 Å². The van der Waals surface area contributed by atoms with E-state index in [1.165, 1.54) is 11.3 Å². The van der Waals surface area contributed by atoms with Gasteiger partial charge in [-0.25, -0.2) is 4.98 Å². The van der Waals surface area contributed by atoms with Gasteiger partial charge < -0.3 is 15.7 Å². The Morgan fingerprint density at radius 1 is 1.35 bits per heavy atom. The summed E-state index contributed by atoms with van der Waals surface area (Å²) in [6.45, 7) is 6.23. The van der Waals surface area contributed by atoms with E-state index in [-0.39, 0.29) is 24.0 Å². The lowest BCUT2D eigenvalue weighted by Crippen LogP contribution is -2.41. The highest BCUT2D eigenvalue weighted by atomic mass is 127. The van der Waals surface area contributed by atoms with Crippen LogP contribution in [0.4, 0.5) is 0 Å². The summed E-state index contributed by atoms with van der Waals surface area (Å²) in [5, 5.41) is 18.2. The summed E-state index contributed by atoms with van der Waals surface area (Å²) in [5.74, 6) is 0.787. The van der Waals surface area contributed by atoms with Crippen molar-refractivity contribution in [3.63, 3.8) is 0 Å². The minimum atomic E-state index is -0.604. The SMILES string of the molecule is CCNC(=NCC1(O)CCCCC1)NCCc1ncc(C)s1.I. The molecule has 132 valence electrons. The molecule has 1 aromatic rings. The van der Waals surface area contributed by atoms with Gasteiger partial charge in [-0.2, -0.15) is 0 Å². The van der Waals surface area contributed by atoms with Crippen LogP contribution in [0.25, 0.3) is 0 Å². The molecule has 0 amide bonds. The number of hydrogen-bond donors (Lipinski definition) is 3. The van der Waals surface area contributed by atoms with Crippen LogP contribution >= 0.6 is 35.3 Å². The van der Waals surface area contributed by atoms with Crippen LogP contribution in [0.2, 0.25) is 0 Å². The van der Waals surface area contributed by atoms with Crippen LogP contribution in [-0.4, -0.2) is 41.3 Å². The van der Waals surface area contributed by atoms with Crippen LogP contribution in [0, 0.1) is 6.92 Å². The van der Waals surface area contributed by atoms with Crippen molar-refractivity contribution in [3.05, 3.63) is 16.1 Å². The van der Waals surface area contributed by atoms with E-state index in [2.05, 4.69) is 34.5 Å². The highest BCUT2D eigenvalue weighted by Gasteiger charge is 2.28. The lowest BCUT2D eigenvalue weighted by molar-refractivity contribution is 0.0131. The Balaban J connectivity index is 0.00000264. The number of halogens is 1. The monoisotopic (exact) mass is 452 g/mol. The van der Waals surface area contributed by atoms with Crippen molar-refractivity contribution in [2.75, 3.05) is 19.6 Å². The summed E-state index contributed by atoms with van der Waals surface area (Å²) >= 11 is 1.74. The Hall–Kier alpha value is -0.410. The fraction of sp³-hybridized carbons (Fsp3) is 0.750. The van der Waals surface area contributed by atoms with Crippen LogP contribution in [0.5, 0.6) is 0 Å². The van der Waals surface area contributed by atoms with Gasteiger partial charge in [-0.1, -0.05) is 19.3 Å². The van der Waals surface area contributed by atoms with E-state index in [4.69, 9.17) is 0 Å². The minimum absolute atomic E-state index is 0. The van der Waals surface area contributed by atoms with E-state index in [1.54, 1.807) is 11.3 Å². The molecule has 7 heteroatoms. The number of guanidine groups is 1. The van der Waals surface area contributed by atoms with E-state index in [1.807, 2.05) is 6.20 Å². The van der Waals surface area contributed by atoms with Crippen LogP contribution in [0.15, 0.2) is 11.2 Å². The summed E-state index contributed by atoms with van der Waals surface area (Å²) in [6, 6.07) is 0. The average Bonchev–Trinajstić information content (AvgIpc) is 2.91. The minimum Gasteiger partial charge on any atom is -0.388 e. The molecule has 3 N–H and O–H groups in total. The largest absolute Gasteiger partial charge is 0.388 e. The lowest BCUT2D eigenvalue weighted by atomic mass is 9.85. The first-order chi connectivity index (χ1) is 10.6. The average molecular weight is 452 g/mol. The van der Waals surface area contributed by atoms with Gasteiger partial charge >= 0.3 is 0 Å². The number of nitrogens with zero attached hydrogens (tertiary/aromatic N) is 2. The third kappa shape index (κ3) is 7.34. The molecular weight excluding hydrogens is 423 g/mol. The normalized spacial score (nSPS) is 17.4. The molecule has 0 spiro atoms. The van der Waals surface area contributed by atoms with Crippen molar-refractivity contribution < 1.29 is 5.11 Å². The number of nitrogens with one attached hydrogen (secondary N) is 2. The third-order valence-corrected chi connectivity index (χ3v) is 4.93. The van der Waals surface area contributed by atoms with Gasteiger partial charge in [0.1, 0.15) is 0 Å². The topological polar surface area (TPSA) is 69.5 Å². The second kappa shape index (κ2) is 10.5. The molecule has 1 heterocycles. The Labute approximate surface area is 160 Å². The van der Waals surface area contributed by atoms with E-state index >= 15 is 0 Å². The molecule has 0 radical (unpaired) electrons. The van der Waals surface area contributed by atoms with Crippen LogP contribution in [0.1, 0.15) is 48.9 Å². The second-order valence-electron chi connectivity index (χ2n) is 6.02. The maximum atomic E-state index is 10.5. The smallest absolute Gasteiger partial charge is 0.191 e. The third-order valence-electron chi connectivity index (χ3n) is 3.96. The summed E-state index contributed by atoms with van der Waals surface area (Å²) in [5.41, 5.74) is -0.604. The van der Waals surface area contributed by atoms with Gasteiger partial charge in [0.05, 0.1) is 17.2 Å². The van der Waals surface area contributed by atoms with Crippen molar-refractivity contribution in [1.29, 1.82) is 0 Å². The number of thiazole rings is 1. The van der Waals surface area contributed by atoms with Gasteiger partial charge in [0.25, 0.3) is 0 Å². The highest BCUT2D eigenvalue weighted by Crippen LogP contribution is 2.28. The molecule has 2 rings (SSSR count). The molecule has 1 aliphatic carbocycles. The van der Waals surface area contributed by atoms with Gasteiger partial charge in [-0.3, -0.25) is 4.99 Å². The van der Waals surface area contributed by atoms with E-state index in [9.17, 15) is 5.11 Å². The van der Waals surface area contributed by atoms with Crippen LogP contribution < -0.4 is 10.6 Å².